The molecule has 0 aromatic heterocycles. The highest BCUT2D eigenvalue weighted by atomic mass is 16.5. The number of aliphatic hydroxyl groups is 1. The van der Waals surface area contributed by atoms with E-state index < -0.39 is 47.8 Å². The summed E-state index contributed by atoms with van der Waals surface area (Å²) in [6.45, 7) is 4.75. The van der Waals surface area contributed by atoms with E-state index in [9.17, 15) is 5.11 Å². The molecule has 0 saturated carbocycles. The smallest absolute Gasteiger partial charge is 0.414 e. The second-order valence-electron chi connectivity index (χ2n) is 11.7. The van der Waals surface area contributed by atoms with Gasteiger partial charge in [0, 0.05) is 18.6 Å². The SMILES string of the molecule is CCCCCCCCCCCCCCC(O)CNC(/C=C/CN)(CCCN)CCCN.O=C(O)C(=O)O.O=C(O)C(=O)O.O=C(O)C(=O)O.O=C(O)C(=O)O. The molecule has 0 rings (SSSR count). The summed E-state index contributed by atoms with van der Waals surface area (Å²) < 4.78 is 0. The van der Waals surface area contributed by atoms with Gasteiger partial charge in [-0.15, -0.1) is 0 Å². The van der Waals surface area contributed by atoms with Crippen molar-refractivity contribution >= 4 is 47.8 Å². The van der Waals surface area contributed by atoms with Gasteiger partial charge in [0.05, 0.1) is 6.10 Å². The van der Waals surface area contributed by atoms with Gasteiger partial charge in [-0.05, 0) is 45.2 Å². The highest BCUT2D eigenvalue weighted by molar-refractivity contribution is 6.28. The molecule has 0 aliphatic heterocycles. The maximum absolute atomic E-state index is 10.5. The Bertz CT molecular complexity index is 951. The van der Waals surface area contributed by atoms with Crippen molar-refractivity contribution in [3.63, 3.8) is 0 Å². The molecule has 0 aromatic carbocycles. The molecule has 1 atom stereocenters. The Morgan fingerprint density at radius 1 is 0.509 bits per heavy atom. The molecule has 0 heterocycles. The van der Waals surface area contributed by atoms with E-state index in [-0.39, 0.29) is 11.6 Å². The summed E-state index contributed by atoms with van der Waals surface area (Å²) in [4.78, 5) is 72.8. The van der Waals surface area contributed by atoms with E-state index in [1.165, 1.54) is 70.6 Å². The van der Waals surface area contributed by atoms with Gasteiger partial charge >= 0.3 is 47.8 Å². The lowest BCUT2D eigenvalue weighted by molar-refractivity contribution is -0.159. The van der Waals surface area contributed by atoms with E-state index in [0.29, 0.717) is 26.2 Å². The third-order valence-corrected chi connectivity index (χ3v) is 7.04. The van der Waals surface area contributed by atoms with Crippen molar-refractivity contribution in [3.8, 4) is 0 Å². The molecule has 322 valence electrons. The van der Waals surface area contributed by atoms with Crippen molar-refractivity contribution in [1.29, 1.82) is 0 Å². The zero-order valence-electron chi connectivity index (χ0n) is 31.6. The first-order chi connectivity index (χ1) is 25.7. The Morgan fingerprint density at radius 2 is 0.800 bits per heavy atom. The van der Waals surface area contributed by atoms with Gasteiger partial charge in [0.15, 0.2) is 0 Å². The molecule has 0 bridgehead atoms. The monoisotopic (exact) mass is 800 g/mol. The van der Waals surface area contributed by atoms with Gasteiger partial charge in [-0.3, -0.25) is 0 Å². The fourth-order valence-corrected chi connectivity index (χ4v) is 4.30. The highest BCUT2D eigenvalue weighted by Gasteiger charge is 2.26. The summed E-state index contributed by atoms with van der Waals surface area (Å²) in [5.41, 5.74) is 17.0. The van der Waals surface area contributed by atoms with Gasteiger partial charge in [-0.2, -0.15) is 0 Å². The van der Waals surface area contributed by atoms with E-state index in [2.05, 4.69) is 18.3 Å². The minimum absolute atomic E-state index is 0.157. The minimum Gasteiger partial charge on any atom is -0.473 e. The number of rotatable bonds is 24. The molecular formula is C34H64N4O17. The predicted molar refractivity (Wildman–Crippen MR) is 198 cm³/mol. The van der Waals surface area contributed by atoms with Crippen molar-refractivity contribution in [3.05, 3.63) is 12.2 Å². The predicted octanol–water partition coefficient (Wildman–Crippen LogP) is 1.38. The standard InChI is InChI=1S/C26H56N4O.4C2H2O4/c1-2-3-4-5-6-7-8-9-10-11-12-13-17-25(31)24-30-26(18-14-21-27,19-15-22-28)20-16-23-29;4*3-1(4)2(5)6/h14,18,25,30-31H,2-13,15-17,19-24,27-29H2,1H3;4*(H,3,4)(H,5,6)/b18-14+;;;;. The average molecular weight is 801 g/mol. The number of nitrogens with two attached hydrogens (primary N) is 3. The summed E-state index contributed by atoms with van der Waals surface area (Å²) in [5, 5.41) is 73.2. The molecule has 0 aliphatic rings. The molecule has 1 unspecified atom stereocenters. The Labute approximate surface area is 320 Å². The maximum Gasteiger partial charge on any atom is 0.414 e. The molecular weight excluding hydrogens is 736 g/mol. The number of carbonyl (C=O) groups is 8. The van der Waals surface area contributed by atoms with E-state index in [0.717, 1.165) is 38.5 Å². The number of carboxylic acids is 8. The number of hydrogen-bond acceptors (Lipinski definition) is 13. The molecule has 21 nitrogen and oxygen atoms in total. The summed E-state index contributed by atoms with van der Waals surface area (Å²) in [7, 11) is 0. The molecule has 55 heavy (non-hydrogen) atoms. The zero-order chi connectivity index (χ0) is 43.7. The van der Waals surface area contributed by atoms with Crippen molar-refractivity contribution < 1.29 is 84.3 Å². The molecule has 0 fully saturated rings. The van der Waals surface area contributed by atoms with Gasteiger partial charge in [-0.1, -0.05) is 96.1 Å². The summed E-state index contributed by atoms with van der Waals surface area (Å²) in [5.74, 6) is -14.6. The number of β-amino-alcohol motifs (C(OH)–C–C–N with tert-alkyl or cyclic N) is 1. The second-order valence-corrected chi connectivity index (χ2v) is 11.7. The van der Waals surface area contributed by atoms with Gasteiger partial charge in [0.2, 0.25) is 0 Å². The summed E-state index contributed by atoms with van der Waals surface area (Å²) in [6, 6.07) is 0. The van der Waals surface area contributed by atoms with Crippen LogP contribution in [0, 0.1) is 0 Å². The molecule has 0 radical (unpaired) electrons. The molecule has 0 aromatic rings. The number of unbranched alkanes of at least 4 members (excludes halogenated alkanes) is 11. The van der Waals surface area contributed by atoms with Crippen LogP contribution in [0.5, 0.6) is 0 Å². The van der Waals surface area contributed by atoms with Crippen LogP contribution in [-0.2, 0) is 38.4 Å². The normalized spacial score (nSPS) is 10.7. The maximum atomic E-state index is 10.5. The van der Waals surface area contributed by atoms with Crippen LogP contribution in [-0.4, -0.2) is 132 Å². The molecule has 0 spiro atoms. The van der Waals surface area contributed by atoms with Crippen molar-refractivity contribution in [2.24, 2.45) is 17.2 Å². The van der Waals surface area contributed by atoms with Crippen LogP contribution in [0.25, 0.3) is 0 Å². The van der Waals surface area contributed by atoms with Crippen LogP contribution in [0.2, 0.25) is 0 Å². The lowest BCUT2D eigenvalue weighted by atomic mass is 9.87. The number of nitrogens with one attached hydrogen (secondary N) is 1. The largest absolute Gasteiger partial charge is 0.473 e. The number of aliphatic carboxylic acids is 8. The van der Waals surface area contributed by atoms with Crippen LogP contribution in [0.4, 0.5) is 0 Å². The lowest BCUT2D eigenvalue weighted by Gasteiger charge is -2.33. The fourth-order valence-electron chi connectivity index (χ4n) is 4.30. The average Bonchev–Trinajstić information content (AvgIpc) is 3.12. The topological polar surface area (TPSA) is 409 Å². The third kappa shape index (κ3) is 51.5. The van der Waals surface area contributed by atoms with Crippen molar-refractivity contribution in [2.75, 3.05) is 26.2 Å². The van der Waals surface area contributed by atoms with Gasteiger partial charge in [-0.25, -0.2) is 38.4 Å². The van der Waals surface area contributed by atoms with E-state index in [1.807, 2.05) is 6.08 Å². The first-order valence-corrected chi connectivity index (χ1v) is 17.8. The van der Waals surface area contributed by atoms with Gasteiger partial charge in [0.1, 0.15) is 0 Å². The summed E-state index contributed by atoms with van der Waals surface area (Å²) >= 11 is 0. The Morgan fingerprint density at radius 3 is 1.05 bits per heavy atom. The fraction of sp³-hybridized carbons (Fsp3) is 0.706. The van der Waals surface area contributed by atoms with Crippen molar-refractivity contribution in [2.45, 2.75) is 128 Å². The summed E-state index contributed by atoms with van der Waals surface area (Å²) in [6.07, 6.45) is 24.7. The number of aliphatic hydroxyl groups excluding tert-OH is 1. The molecule has 16 N–H and O–H groups in total. The van der Waals surface area contributed by atoms with Crippen LogP contribution < -0.4 is 22.5 Å². The number of carboxylic acid groups (broad SMARTS) is 8. The molecule has 0 saturated heterocycles. The number of hydrogen-bond donors (Lipinski definition) is 13. The third-order valence-electron chi connectivity index (χ3n) is 7.04. The molecule has 0 amide bonds. The molecule has 21 heteroatoms. The zero-order valence-corrected chi connectivity index (χ0v) is 31.6. The Kier molecular flexibility index (Phi) is 45.5. The first kappa shape index (κ1) is 59.6. The van der Waals surface area contributed by atoms with Crippen molar-refractivity contribution in [1.82, 2.24) is 5.32 Å². The lowest BCUT2D eigenvalue weighted by Crippen LogP contribution is -2.47. The van der Waals surface area contributed by atoms with Crippen LogP contribution >= 0.6 is 0 Å². The van der Waals surface area contributed by atoms with Gasteiger partial charge < -0.3 is 68.5 Å². The molecule has 0 aliphatic carbocycles. The minimum atomic E-state index is -1.82. The van der Waals surface area contributed by atoms with Crippen LogP contribution in [0.1, 0.15) is 116 Å². The first-order valence-electron chi connectivity index (χ1n) is 17.8. The second kappa shape index (κ2) is 42.0. The van der Waals surface area contributed by atoms with Gasteiger partial charge in [0.25, 0.3) is 0 Å². The van der Waals surface area contributed by atoms with Crippen LogP contribution in [0.15, 0.2) is 12.2 Å². The quantitative estimate of drug-likeness (QED) is 0.0372. The van der Waals surface area contributed by atoms with E-state index in [1.54, 1.807) is 0 Å². The Hall–Kier alpha value is -4.70. The van der Waals surface area contributed by atoms with Crippen LogP contribution in [0.3, 0.4) is 0 Å². The van der Waals surface area contributed by atoms with E-state index in [4.69, 9.17) is 96.4 Å². The van der Waals surface area contributed by atoms with E-state index >= 15 is 0 Å². The Balaban J connectivity index is -0.000000276. The highest BCUT2D eigenvalue weighted by Crippen LogP contribution is 2.22.